The van der Waals surface area contributed by atoms with Crippen molar-refractivity contribution in [2.75, 3.05) is 0 Å². The molecule has 0 saturated carbocycles. The minimum atomic E-state index is -3.44. The quantitative estimate of drug-likeness (QED) is 0.835. The van der Waals surface area contributed by atoms with Crippen LogP contribution in [0.3, 0.4) is 0 Å². The molecule has 2 unspecified atom stereocenters. The van der Waals surface area contributed by atoms with Gasteiger partial charge in [-0.25, -0.2) is 8.42 Å². The Labute approximate surface area is 109 Å². The molecule has 2 aliphatic rings. The van der Waals surface area contributed by atoms with Gasteiger partial charge in [0, 0.05) is 5.70 Å². The highest BCUT2D eigenvalue weighted by Gasteiger charge is 2.26. The summed E-state index contributed by atoms with van der Waals surface area (Å²) in [5.41, 5.74) is 6.23. The highest BCUT2D eigenvalue weighted by molar-refractivity contribution is 7.99. The summed E-state index contributed by atoms with van der Waals surface area (Å²) in [5.74, 6) is 0.706. The summed E-state index contributed by atoms with van der Waals surface area (Å²) in [6.07, 6.45) is 10.5. The van der Waals surface area contributed by atoms with Gasteiger partial charge in [0.1, 0.15) is 0 Å². The highest BCUT2D eigenvalue weighted by Crippen LogP contribution is 2.30. The van der Waals surface area contributed by atoms with E-state index in [-0.39, 0.29) is 4.91 Å². The maximum Gasteiger partial charge on any atom is 0.207 e. The van der Waals surface area contributed by atoms with Crippen molar-refractivity contribution in [1.29, 1.82) is 0 Å². The number of allylic oxidation sites excluding steroid dienone is 5. The van der Waals surface area contributed by atoms with Crippen molar-refractivity contribution in [3.63, 3.8) is 0 Å². The second kappa shape index (κ2) is 4.76. The van der Waals surface area contributed by atoms with Crippen LogP contribution >= 0.6 is 0 Å². The zero-order valence-corrected chi connectivity index (χ0v) is 11.6. The van der Waals surface area contributed by atoms with E-state index in [0.29, 0.717) is 22.4 Å². The number of sulfone groups is 1. The van der Waals surface area contributed by atoms with E-state index in [0.717, 1.165) is 12.8 Å². The molecule has 2 atom stereocenters. The van der Waals surface area contributed by atoms with Crippen LogP contribution in [-0.4, -0.2) is 8.42 Å². The fourth-order valence-electron chi connectivity index (χ4n) is 2.17. The van der Waals surface area contributed by atoms with Crippen LogP contribution in [0.15, 0.2) is 45.9 Å². The van der Waals surface area contributed by atoms with Gasteiger partial charge in [-0.05, 0) is 30.8 Å². The molecule has 0 radical (unpaired) electrons. The normalized spacial score (nSPS) is 28.4. The summed E-state index contributed by atoms with van der Waals surface area (Å²) in [5, 5.41) is 0. The van der Waals surface area contributed by atoms with E-state index >= 15 is 0 Å². The molecule has 0 aromatic heterocycles. The van der Waals surface area contributed by atoms with Crippen LogP contribution in [0, 0.1) is 11.8 Å². The van der Waals surface area contributed by atoms with Crippen molar-refractivity contribution in [3.8, 4) is 0 Å². The molecule has 2 N–H and O–H groups in total. The monoisotopic (exact) mass is 265 g/mol. The van der Waals surface area contributed by atoms with Gasteiger partial charge in [-0.2, -0.15) is 0 Å². The first kappa shape index (κ1) is 13.1. The molecule has 0 aliphatic heterocycles. The second-order valence-corrected chi connectivity index (χ2v) is 7.00. The predicted octanol–water partition coefficient (Wildman–Crippen LogP) is 2.65. The van der Waals surface area contributed by atoms with E-state index < -0.39 is 9.84 Å². The Hall–Kier alpha value is -1.29. The lowest BCUT2D eigenvalue weighted by Gasteiger charge is -2.19. The summed E-state index contributed by atoms with van der Waals surface area (Å²) >= 11 is 0. The van der Waals surface area contributed by atoms with E-state index in [1.165, 1.54) is 0 Å². The third-order valence-electron chi connectivity index (χ3n) is 3.30. The minimum absolute atomic E-state index is 0.269. The van der Waals surface area contributed by atoms with Gasteiger partial charge in [-0.3, -0.25) is 0 Å². The molecule has 0 aromatic carbocycles. The Morgan fingerprint density at radius 1 is 1.17 bits per heavy atom. The smallest absolute Gasteiger partial charge is 0.207 e. The molecule has 0 spiro atoms. The lowest BCUT2D eigenvalue weighted by atomic mass is 10.0. The maximum absolute atomic E-state index is 12.5. The molecule has 98 valence electrons. The van der Waals surface area contributed by atoms with E-state index in [2.05, 4.69) is 6.92 Å². The van der Waals surface area contributed by atoms with Crippen molar-refractivity contribution in [2.24, 2.45) is 17.6 Å². The van der Waals surface area contributed by atoms with Crippen LogP contribution in [0.25, 0.3) is 0 Å². The fraction of sp³-hybridized carbons (Fsp3) is 0.429. The Balaban J connectivity index is 2.34. The molecule has 0 saturated heterocycles. The van der Waals surface area contributed by atoms with E-state index in [1.807, 2.05) is 19.1 Å². The summed E-state index contributed by atoms with van der Waals surface area (Å²) in [7, 11) is -3.44. The molecule has 18 heavy (non-hydrogen) atoms. The molecule has 0 bridgehead atoms. The van der Waals surface area contributed by atoms with Crippen LogP contribution < -0.4 is 5.73 Å². The lowest BCUT2D eigenvalue weighted by molar-refractivity contribution is 0.606. The Kier molecular flexibility index (Phi) is 3.48. The molecule has 2 aliphatic carbocycles. The van der Waals surface area contributed by atoms with Crippen LogP contribution in [0.5, 0.6) is 0 Å². The first-order valence-electron chi connectivity index (χ1n) is 6.22. The molecule has 0 amide bonds. The van der Waals surface area contributed by atoms with Crippen LogP contribution in [-0.2, 0) is 9.84 Å². The van der Waals surface area contributed by atoms with Crippen LogP contribution in [0.2, 0.25) is 0 Å². The molecule has 2 rings (SSSR count). The molecule has 4 heteroatoms. The standard InChI is InChI=1S/C14H19NO2S/c1-10-3-6-12(7-4-10)18(16,17)14-8-5-11(2)9-13(14)15/h3,6-11H,4-5,15H2,1-2H3. The van der Waals surface area contributed by atoms with Gasteiger partial charge in [0.2, 0.25) is 9.84 Å². The van der Waals surface area contributed by atoms with Crippen LogP contribution in [0.1, 0.15) is 26.7 Å². The first-order chi connectivity index (χ1) is 8.41. The number of hydrogen-bond donors (Lipinski definition) is 1. The van der Waals surface area contributed by atoms with Crippen molar-refractivity contribution in [1.82, 2.24) is 0 Å². The molecule has 0 fully saturated rings. The van der Waals surface area contributed by atoms with Gasteiger partial charge in [-0.15, -0.1) is 0 Å². The van der Waals surface area contributed by atoms with E-state index in [1.54, 1.807) is 18.2 Å². The summed E-state index contributed by atoms with van der Waals surface area (Å²) in [6.45, 7) is 4.08. The number of rotatable bonds is 2. The Morgan fingerprint density at radius 3 is 2.39 bits per heavy atom. The summed E-state index contributed by atoms with van der Waals surface area (Å²) in [6, 6.07) is 0. The maximum atomic E-state index is 12.5. The summed E-state index contributed by atoms with van der Waals surface area (Å²) in [4.78, 5) is 0.642. The second-order valence-electron chi connectivity index (χ2n) is 5.09. The molecule has 0 heterocycles. The lowest BCUT2D eigenvalue weighted by Crippen LogP contribution is -2.18. The van der Waals surface area contributed by atoms with Gasteiger partial charge in [0.15, 0.2) is 0 Å². The largest absolute Gasteiger partial charge is 0.398 e. The SMILES string of the molecule is CC1C=CC(S(=O)(=O)C2=CCC(C)C=C2N)=CC1. The fourth-order valence-corrected chi connectivity index (χ4v) is 3.69. The molecular weight excluding hydrogens is 246 g/mol. The molecular formula is C14H19NO2S. The van der Waals surface area contributed by atoms with Crippen LogP contribution in [0.4, 0.5) is 0 Å². The van der Waals surface area contributed by atoms with Gasteiger partial charge < -0.3 is 5.73 Å². The molecule has 0 aromatic rings. The third-order valence-corrected chi connectivity index (χ3v) is 5.21. The average molecular weight is 265 g/mol. The average Bonchev–Trinajstić information content (AvgIpc) is 2.29. The third kappa shape index (κ3) is 2.43. The van der Waals surface area contributed by atoms with Crippen molar-refractivity contribution in [3.05, 3.63) is 45.9 Å². The first-order valence-corrected chi connectivity index (χ1v) is 7.71. The van der Waals surface area contributed by atoms with Crippen molar-refractivity contribution in [2.45, 2.75) is 26.7 Å². The van der Waals surface area contributed by atoms with Gasteiger partial charge in [-0.1, -0.05) is 38.2 Å². The van der Waals surface area contributed by atoms with Gasteiger partial charge in [0.25, 0.3) is 0 Å². The van der Waals surface area contributed by atoms with Gasteiger partial charge in [0.05, 0.1) is 9.81 Å². The Bertz CT molecular complexity index is 565. The topological polar surface area (TPSA) is 60.2 Å². The van der Waals surface area contributed by atoms with Crippen molar-refractivity contribution >= 4 is 9.84 Å². The zero-order valence-electron chi connectivity index (χ0n) is 10.8. The van der Waals surface area contributed by atoms with E-state index in [9.17, 15) is 8.42 Å². The van der Waals surface area contributed by atoms with E-state index in [4.69, 9.17) is 5.73 Å². The summed E-state index contributed by atoms with van der Waals surface area (Å²) < 4.78 is 24.9. The molecule has 3 nitrogen and oxygen atoms in total. The van der Waals surface area contributed by atoms with Gasteiger partial charge >= 0.3 is 0 Å². The number of nitrogens with two attached hydrogens (primary N) is 1. The number of hydrogen-bond acceptors (Lipinski definition) is 3. The van der Waals surface area contributed by atoms with Crippen molar-refractivity contribution < 1.29 is 8.42 Å². The minimum Gasteiger partial charge on any atom is -0.398 e. The highest BCUT2D eigenvalue weighted by atomic mass is 32.2. The Morgan fingerprint density at radius 2 is 1.83 bits per heavy atom. The predicted molar refractivity (Wildman–Crippen MR) is 74.1 cm³/mol. The zero-order chi connectivity index (χ0) is 13.3.